The summed E-state index contributed by atoms with van der Waals surface area (Å²) in [6.45, 7) is 4.84. The lowest BCUT2D eigenvalue weighted by Gasteiger charge is -2.11. The molecule has 2 N–H and O–H groups in total. The molecule has 100 valence electrons. The van der Waals surface area contributed by atoms with Gasteiger partial charge in [-0.2, -0.15) is 0 Å². The highest BCUT2D eigenvalue weighted by molar-refractivity contribution is 5.40. The monoisotopic (exact) mass is 251 g/mol. The summed E-state index contributed by atoms with van der Waals surface area (Å²) in [6.07, 6.45) is 1.20. The van der Waals surface area contributed by atoms with Crippen molar-refractivity contribution in [1.82, 2.24) is 5.32 Å². The number of fused-ring (bicyclic) bond motifs is 1. The van der Waals surface area contributed by atoms with Crippen LogP contribution < -0.4 is 10.1 Å². The van der Waals surface area contributed by atoms with Gasteiger partial charge in [-0.05, 0) is 18.6 Å². The molecule has 1 atom stereocenters. The maximum Gasteiger partial charge on any atom is 0.123 e. The Bertz CT molecular complexity index is 381. The van der Waals surface area contributed by atoms with Gasteiger partial charge < -0.3 is 19.9 Å². The number of nitrogens with one attached hydrogen (secondary N) is 1. The zero-order valence-electron chi connectivity index (χ0n) is 10.8. The van der Waals surface area contributed by atoms with Crippen LogP contribution >= 0.6 is 0 Å². The van der Waals surface area contributed by atoms with E-state index in [1.165, 1.54) is 11.1 Å². The molecule has 1 aromatic rings. The molecule has 1 aliphatic heterocycles. The molecule has 0 bridgehead atoms. The summed E-state index contributed by atoms with van der Waals surface area (Å²) in [4.78, 5) is 0. The summed E-state index contributed by atoms with van der Waals surface area (Å²) in [5.74, 6) is 1.02. The molecule has 4 nitrogen and oxygen atoms in total. The van der Waals surface area contributed by atoms with Gasteiger partial charge in [0.05, 0.1) is 19.8 Å². The van der Waals surface area contributed by atoms with Crippen molar-refractivity contribution in [1.29, 1.82) is 0 Å². The fourth-order valence-corrected chi connectivity index (χ4v) is 2.14. The van der Waals surface area contributed by atoms with Crippen molar-refractivity contribution in [2.45, 2.75) is 19.4 Å². The molecule has 18 heavy (non-hydrogen) atoms. The predicted molar refractivity (Wildman–Crippen MR) is 70.1 cm³/mol. The van der Waals surface area contributed by atoms with Crippen molar-refractivity contribution < 1.29 is 14.6 Å². The molecule has 1 aliphatic rings. The molecule has 0 spiro atoms. The third-order valence-electron chi connectivity index (χ3n) is 2.99. The molecule has 0 fully saturated rings. The van der Waals surface area contributed by atoms with E-state index in [0.717, 1.165) is 25.3 Å². The van der Waals surface area contributed by atoms with Crippen LogP contribution in [-0.4, -0.2) is 44.1 Å². The molecule has 0 aliphatic carbocycles. The number of benzene rings is 1. The molecule has 4 heteroatoms. The van der Waals surface area contributed by atoms with Crippen LogP contribution in [0.4, 0.5) is 0 Å². The Morgan fingerprint density at radius 3 is 3.17 bits per heavy atom. The molecule has 1 unspecified atom stereocenters. The van der Waals surface area contributed by atoms with Gasteiger partial charge in [0.15, 0.2) is 0 Å². The Labute approximate surface area is 108 Å². The van der Waals surface area contributed by atoms with Crippen LogP contribution in [0.5, 0.6) is 5.75 Å². The van der Waals surface area contributed by atoms with Crippen LogP contribution in [0.15, 0.2) is 18.2 Å². The smallest absolute Gasteiger partial charge is 0.123 e. The summed E-state index contributed by atoms with van der Waals surface area (Å²) in [5.41, 5.74) is 2.58. The fourth-order valence-electron chi connectivity index (χ4n) is 2.14. The van der Waals surface area contributed by atoms with Gasteiger partial charge in [-0.15, -0.1) is 0 Å². The van der Waals surface area contributed by atoms with E-state index in [1.807, 2.05) is 0 Å². The molecule has 0 aromatic heterocycles. The molecule has 0 saturated heterocycles. The first kappa shape index (κ1) is 13.3. The average molecular weight is 251 g/mol. The van der Waals surface area contributed by atoms with Crippen molar-refractivity contribution in [2.75, 3.05) is 32.9 Å². The van der Waals surface area contributed by atoms with E-state index in [1.54, 1.807) is 0 Å². The van der Waals surface area contributed by atoms with Crippen molar-refractivity contribution in [3.8, 4) is 5.75 Å². The van der Waals surface area contributed by atoms with Gasteiger partial charge in [0.1, 0.15) is 11.9 Å². The first-order chi connectivity index (χ1) is 8.79. The Balaban J connectivity index is 1.65. The molecule has 0 amide bonds. The van der Waals surface area contributed by atoms with E-state index in [9.17, 15) is 0 Å². The fraction of sp³-hybridized carbons (Fsp3) is 0.571. The van der Waals surface area contributed by atoms with Gasteiger partial charge in [0.25, 0.3) is 0 Å². The molecule has 0 saturated carbocycles. The molecule has 2 rings (SSSR count). The second kappa shape index (κ2) is 6.73. The third kappa shape index (κ3) is 3.70. The topological polar surface area (TPSA) is 50.7 Å². The summed E-state index contributed by atoms with van der Waals surface area (Å²) < 4.78 is 11.0. The van der Waals surface area contributed by atoms with Crippen LogP contribution in [0.3, 0.4) is 0 Å². The number of hydrogen-bond acceptors (Lipinski definition) is 4. The molecule has 1 heterocycles. The molecule has 1 aromatic carbocycles. The van der Waals surface area contributed by atoms with E-state index in [0.29, 0.717) is 13.2 Å². The Kier molecular flexibility index (Phi) is 4.99. The summed E-state index contributed by atoms with van der Waals surface area (Å²) in [5, 5.41) is 11.9. The first-order valence-corrected chi connectivity index (χ1v) is 6.45. The van der Waals surface area contributed by atoms with E-state index in [-0.39, 0.29) is 12.7 Å². The largest absolute Gasteiger partial charge is 0.488 e. The second-order valence-corrected chi connectivity index (χ2v) is 4.60. The maximum atomic E-state index is 8.55. The SMILES string of the molecule is Cc1ccc2c(c1)CC(CNCCOCCO)O2. The van der Waals surface area contributed by atoms with Gasteiger partial charge in [0, 0.05) is 19.5 Å². The molecule has 0 radical (unpaired) electrons. The van der Waals surface area contributed by atoms with E-state index >= 15 is 0 Å². The van der Waals surface area contributed by atoms with Crippen molar-refractivity contribution in [3.05, 3.63) is 29.3 Å². The van der Waals surface area contributed by atoms with Gasteiger partial charge in [-0.1, -0.05) is 17.7 Å². The lowest BCUT2D eigenvalue weighted by molar-refractivity contribution is 0.0924. The number of aliphatic hydroxyl groups excluding tert-OH is 1. The van der Waals surface area contributed by atoms with Gasteiger partial charge in [-0.3, -0.25) is 0 Å². The summed E-state index contributed by atoms with van der Waals surface area (Å²) in [6, 6.07) is 6.33. The van der Waals surface area contributed by atoms with Crippen molar-refractivity contribution in [2.24, 2.45) is 0 Å². The standard InChI is InChI=1S/C14H21NO3/c1-11-2-3-14-12(8-11)9-13(18-14)10-15-4-6-17-7-5-16/h2-3,8,13,15-16H,4-7,9-10H2,1H3. The van der Waals surface area contributed by atoms with E-state index in [2.05, 4.69) is 30.4 Å². The third-order valence-corrected chi connectivity index (χ3v) is 2.99. The second-order valence-electron chi connectivity index (χ2n) is 4.60. The van der Waals surface area contributed by atoms with E-state index < -0.39 is 0 Å². The highest BCUT2D eigenvalue weighted by Gasteiger charge is 2.21. The lowest BCUT2D eigenvalue weighted by atomic mass is 10.1. The number of hydrogen-bond donors (Lipinski definition) is 2. The summed E-state index contributed by atoms with van der Waals surface area (Å²) in [7, 11) is 0. The van der Waals surface area contributed by atoms with Crippen molar-refractivity contribution >= 4 is 0 Å². The molecular formula is C14H21NO3. The number of rotatable bonds is 7. The van der Waals surface area contributed by atoms with Crippen LogP contribution in [0.25, 0.3) is 0 Å². The highest BCUT2D eigenvalue weighted by Crippen LogP contribution is 2.29. The Morgan fingerprint density at radius 2 is 2.33 bits per heavy atom. The minimum atomic E-state index is 0.0837. The van der Waals surface area contributed by atoms with Crippen LogP contribution in [0.1, 0.15) is 11.1 Å². The summed E-state index contributed by atoms with van der Waals surface area (Å²) >= 11 is 0. The number of aryl methyl sites for hydroxylation is 1. The predicted octanol–water partition coefficient (Wildman–Crippen LogP) is 0.897. The Morgan fingerprint density at radius 1 is 1.44 bits per heavy atom. The first-order valence-electron chi connectivity index (χ1n) is 6.45. The van der Waals surface area contributed by atoms with Crippen LogP contribution in [0.2, 0.25) is 0 Å². The van der Waals surface area contributed by atoms with Crippen LogP contribution in [0, 0.1) is 6.92 Å². The Hall–Kier alpha value is -1.10. The minimum absolute atomic E-state index is 0.0837. The highest BCUT2D eigenvalue weighted by atomic mass is 16.5. The zero-order chi connectivity index (χ0) is 12.8. The minimum Gasteiger partial charge on any atom is -0.488 e. The number of ether oxygens (including phenoxy) is 2. The average Bonchev–Trinajstić information content (AvgIpc) is 2.75. The van der Waals surface area contributed by atoms with Gasteiger partial charge in [-0.25, -0.2) is 0 Å². The van der Waals surface area contributed by atoms with Crippen molar-refractivity contribution in [3.63, 3.8) is 0 Å². The molecular weight excluding hydrogens is 230 g/mol. The van der Waals surface area contributed by atoms with Gasteiger partial charge in [0.2, 0.25) is 0 Å². The van der Waals surface area contributed by atoms with Crippen LogP contribution in [-0.2, 0) is 11.2 Å². The zero-order valence-corrected chi connectivity index (χ0v) is 10.8. The number of aliphatic hydroxyl groups is 1. The maximum absolute atomic E-state index is 8.55. The quantitative estimate of drug-likeness (QED) is 0.707. The van der Waals surface area contributed by atoms with E-state index in [4.69, 9.17) is 14.6 Å². The lowest BCUT2D eigenvalue weighted by Crippen LogP contribution is -2.32. The van der Waals surface area contributed by atoms with Gasteiger partial charge >= 0.3 is 0 Å². The normalized spacial score (nSPS) is 17.6.